The lowest BCUT2D eigenvalue weighted by molar-refractivity contribution is 0.0526. The fourth-order valence-electron chi connectivity index (χ4n) is 4.53. The molecule has 0 saturated heterocycles. The lowest BCUT2D eigenvalue weighted by atomic mass is 9.95. The first-order valence-electron chi connectivity index (χ1n) is 11.4. The van der Waals surface area contributed by atoms with E-state index in [2.05, 4.69) is 15.2 Å². The number of nitrogens with one attached hydrogen (secondary N) is 2. The Labute approximate surface area is 200 Å². The molecule has 9 heteroatoms. The molecule has 2 aliphatic rings. The van der Waals surface area contributed by atoms with Gasteiger partial charge in [0, 0.05) is 34.3 Å². The number of esters is 1. The molecule has 0 unspecified atom stereocenters. The number of hydrogen-bond donors (Lipinski definition) is 2. The number of nitrogens with zero attached hydrogens (tertiary/aromatic N) is 1. The molecule has 0 aromatic carbocycles. The Kier molecular flexibility index (Phi) is 6.52. The molecular weight excluding hydrogens is 458 g/mol. The number of fused-ring (bicyclic) bond motifs is 2. The molecule has 33 heavy (non-hydrogen) atoms. The molecule has 0 spiro atoms. The first kappa shape index (κ1) is 22.2. The van der Waals surface area contributed by atoms with Crippen LogP contribution in [-0.2, 0) is 41.9 Å². The van der Waals surface area contributed by atoms with Crippen molar-refractivity contribution >= 4 is 39.7 Å². The number of thiophene rings is 2. The van der Waals surface area contributed by atoms with Gasteiger partial charge in [-0.1, -0.05) is 0 Å². The van der Waals surface area contributed by atoms with Gasteiger partial charge in [0.2, 0.25) is 0 Å². The van der Waals surface area contributed by atoms with Crippen molar-refractivity contribution in [3.63, 3.8) is 0 Å². The van der Waals surface area contributed by atoms with E-state index in [0.717, 1.165) is 48.2 Å². The zero-order chi connectivity index (χ0) is 22.8. The highest BCUT2D eigenvalue weighted by Crippen LogP contribution is 2.39. The Bertz CT molecular complexity index is 1160. The lowest BCUT2D eigenvalue weighted by Gasteiger charge is -2.15. The Hall–Kier alpha value is -2.62. The lowest BCUT2D eigenvalue weighted by Crippen LogP contribution is -2.29. The van der Waals surface area contributed by atoms with E-state index in [4.69, 9.17) is 9.47 Å². The number of rotatable bonds is 6. The van der Waals surface area contributed by atoms with Gasteiger partial charge in [-0.3, -0.25) is 5.32 Å². The minimum Gasteiger partial charge on any atom is -0.462 e. The van der Waals surface area contributed by atoms with E-state index in [9.17, 15) is 9.59 Å². The summed E-state index contributed by atoms with van der Waals surface area (Å²) >= 11 is 3.21. The summed E-state index contributed by atoms with van der Waals surface area (Å²) in [5.74, 6) is -0.353. The van der Waals surface area contributed by atoms with E-state index in [1.165, 1.54) is 26.7 Å². The van der Waals surface area contributed by atoms with Crippen LogP contribution in [0.15, 0.2) is 24.5 Å². The predicted octanol–water partition coefficient (Wildman–Crippen LogP) is 5.05. The van der Waals surface area contributed by atoms with Crippen LogP contribution in [0.2, 0.25) is 0 Å². The van der Waals surface area contributed by atoms with Gasteiger partial charge in [-0.25, -0.2) is 9.59 Å². The van der Waals surface area contributed by atoms with Crippen LogP contribution in [0.5, 0.6) is 0 Å². The third kappa shape index (κ3) is 4.45. The molecule has 174 valence electrons. The molecule has 0 bridgehead atoms. The molecule has 0 radical (unpaired) electrons. The van der Waals surface area contributed by atoms with E-state index in [1.807, 2.05) is 24.5 Å². The van der Waals surface area contributed by atoms with E-state index in [-0.39, 0.29) is 12.0 Å². The van der Waals surface area contributed by atoms with Crippen molar-refractivity contribution in [2.45, 2.75) is 52.2 Å². The Morgan fingerprint density at radius 2 is 1.91 bits per heavy atom. The summed E-state index contributed by atoms with van der Waals surface area (Å²) in [6, 6.07) is 3.67. The largest absolute Gasteiger partial charge is 0.462 e. The van der Waals surface area contributed by atoms with Gasteiger partial charge in [-0.2, -0.15) is 0 Å². The number of carbonyl (C=O) groups is 2. The molecule has 0 fully saturated rings. The fraction of sp³-hybridized carbons (Fsp3) is 0.417. The minimum atomic E-state index is -0.353. The second-order valence-corrected chi connectivity index (χ2v) is 10.3. The predicted molar refractivity (Wildman–Crippen MR) is 130 cm³/mol. The summed E-state index contributed by atoms with van der Waals surface area (Å²) in [7, 11) is 0. The second kappa shape index (κ2) is 9.70. The van der Waals surface area contributed by atoms with E-state index >= 15 is 0 Å². The third-order valence-electron chi connectivity index (χ3n) is 6.05. The summed E-state index contributed by atoms with van der Waals surface area (Å²) in [4.78, 5) is 28.0. The highest BCUT2D eigenvalue weighted by atomic mass is 32.1. The quantitative estimate of drug-likeness (QED) is 0.479. The zero-order valence-electron chi connectivity index (χ0n) is 18.6. The summed E-state index contributed by atoms with van der Waals surface area (Å²) in [5, 5.41) is 7.66. The second-order valence-electron chi connectivity index (χ2n) is 8.12. The van der Waals surface area contributed by atoms with Gasteiger partial charge in [-0.05, 0) is 62.3 Å². The van der Waals surface area contributed by atoms with Gasteiger partial charge in [0.15, 0.2) is 0 Å². The molecular formula is C24H27N3O4S2. The van der Waals surface area contributed by atoms with Crippen molar-refractivity contribution in [1.29, 1.82) is 0 Å². The summed E-state index contributed by atoms with van der Waals surface area (Å²) in [5.41, 5.74) is 3.97. The van der Waals surface area contributed by atoms with Crippen LogP contribution in [0.1, 0.15) is 56.6 Å². The highest BCUT2D eigenvalue weighted by Gasteiger charge is 2.28. The SMILES string of the molecule is CCOC(=O)c1c(NC(=O)NCc2c(-n3cccc3)sc3c2CCOC3)sc2c1CCCC2. The van der Waals surface area contributed by atoms with Gasteiger partial charge in [-0.15, -0.1) is 22.7 Å². The molecule has 5 rings (SSSR count). The third-order valence-corrected chi connectivity index (χ3v) is 8.52. The number of amides is 2. The number of carbonyl (C=O) groups excluding carboxylic acids is 2. The molecule has 2 N–H and O–H groups in total. The van der Waals surface area contributed by atoms with Gasteiger partial charge >= 0.3 is 12.0 Å². The molecule has 3 aromatic rings. The molecule has 2 amide bonds. The Balaban J connectivity index is 1.36. The number of aromatic nitrogens is 1. The number of hydrogen-bond acceptors (Lipinski definition) is 6. The normalized spacial score (nSPS) is 14.9. The van der Waals surface area contributed by atoms with Crippen molar-refractivity contribution in [2.24, 2.45) is 0 Å². The van der Waals surface area contributed by atoms with E-state index in [1.54, 1.807) is 18.3 Å². The van der Waals surface area contributed by atoms with Crippen molar-refractivity contribution in [2.75, 3.05) is 18.5 Å². The maximum absolute atomic E-state index is 12.9. The van der Waals surface area contributed by atoms with Crippen LogP contribution in [0.25, 0.3) is 5.00 Å². The first-order chi connectivity index (χ1) is 16.2. The number of aryl methyl sites for hydroxylation is 1. The molecule has 1 aliphatic heterocycles. The van der Waals surface area contributed by atoms with Crippen LogP contribution in [0.4, 0.5) is 9.80 Å². The van der Waals surface area contributed by atoms with Crippen LogP contribution >= 0.6 is 22.7 Å². The molecule has 1 aliphatic carbocycles. The van der Waals surface area contributed by atoms with Crippen molar-refractivity contribution in [3.8, 4) is 5.00 Å². The van der Waals surface area contributed by atoms with Crippen LogP contribution < -0.4 is 10.6 Å². The molecule has 0 saturated carbocycles. The van der Waals surface area contributed by atoms with Crippen LogP contribution in [-0.4, -0.2) is 29.8 Å². The molecule has 7 nitrogen and oxygen atoms in total. The van der Waals surface area contributed by atoms with Gasteiger partial charge in [0.1, 0.15) is 10.0 Å². The minimum absolute atomic E-state index is 0.310. The van der Waals surface area contributed by atoms with Crippen molar-refractivity contribution < 1.29 is 19.1 Å². The maximum atomic E-state index is 12.9. The smallest absolute Gasteiger partial charge is 0.341 e. The van der Waals surface area contributed by atoms with Gasteiger partial charge < -0.3 is 19.4 Å². The fourth-order valence-corrected chi connectivity index (χ4v) is 7.08. The van der Waals surface area contributed by atoms with E-state index in [0.29, 0.717) is 36.9 Å². The average molecular weight is 486 g/mol. The maximum Gasteiger partial charge on any atom is 0.341 e. The van der Waals surface area contributed by atoms with Crippen LogP contribution in [0, 0.1) is 0 Å². The number of urea groups is 1. The average Bonchev–Trinajstić information content (AvgIpc) is 3.54. The Morgan fingerprint density at radius 1 is 1.09 bits per heavy atom. The summed E-state index contributed by atoms with van der Waals surface area (Å²) in [6.07, 6.45) is 8.84. The summed E-state index contributed by atoms with van der Waals surface area (Å²) in [6.45, 7) is 3.82. The van der Waals surface area contributed by atoms with Gasteiger partial charge in [0.05, 0.1) is 25.4 Å². The Morgan fingerprint density at radius 3 is 2.73 bits per heavy atom. The van der Waals surface area contributed by atoms with Crippen molar-refractivity contribution in [1.82, 2.24) is 9.88 Å². The monoisotopic (exact) mass is 485 g/mol. The highest BCUT2D eigenvalue weighted by molar-refractivity contribution is 7.17. The molecule has 0 atom stereocenters. The van der Waals surface area contributed by atoms with Crippen LogP contribution in [0.3, 0.4) is 0 Å². The molecule has 3 aromatic heterocycles. The number of ether oxygens (including phenoxy) is 2. The standard InChI is InChI=1S/C24H27N3O4S2/c1-2-31-23(28)20-16-7-3-4-8-18(16)32-21(20)26-24(29)25-13-17-15-9-12-30-14-19(15)33-22(17)27-10-5-6-11-27/h5-6,10-11H,2-4,7-9,12-14H2,1H3,(H2,25,26,29). The zero-order valence-corrected chi connectivity index (χ0v) is 20.2. The first-order valence-corrected chi connectivity index (χ1v) is 13.0. The number of anilines is 1. The molecule has 4 heterocycles. The topological polar surface area (TPSA) is 81.6 Å². The van der Waals surface area contributed by atoms with E-state index < -0.39 is 0 Å². The summed E-state index contributed by atoms with van der Waals surface area (Å²) < 4.78 is 13.0. The van der Waals surface area contributed by atoms with Gasteiger partial charge in [0.25, 0.3) is 0 Å². The van der Waals surface area contributed by atoms with Crippen molar-refractivity contribution in [3.05, 3.63) is 56.5 Å².